The number of hydrogen-bond acceptors (Lipinski definition) is 3. The van der Waals surface area contributed by atoms with Crippen molar-refractivity contribution >= 4 is 33.1 Å². The lowest BCUT2D eigenvalue weighted by atomic mass is 10.1. The standard InChI is InChI=1S/C19H18N2OS/c1-13-12-14-6-2-4-8-16(14)21(13)19(22)11-10-18-20-15-7-3-5-9-17(15)23-18/h2-9,13H,10-12H2,1H3. The predicted molar refractivity (Wildman–Crippen MR) is 95.0 cm³/mol. The van der Waals surface area contributed by atoms with Gasteiger partial charge in [0.15, 0.2) is 0 Å². The van der Waals surface area contributed by atoms with E-state index in [0.29, 0.717) is 12.8 Å². The molecule has 0 N–H and O–H groups in total. The molecule has 0 saturated heterocycles. The van der Waals surface area contributed by atoms with Crippen LogP contribution >= 0.6 is 11.3 Å². The van der Waals surface area contributed by atoms with Crippen LogP contribution in [-0.4, -0.2) is 16.9 Å². The number of aromatic nitrogens is 1. The summed E-state index contributed by atoms with van der Waals surface area (Å²) < 4.78 is 1.19. The zero-order valence-electron chi connectivity index (χ0n) is 13.0. The lowest BCUT2D eigenvalue weighted by Gasteiger charge is -2.22. The lowest BCUT2D eigenvalue weighted by molar-refractivity contribution is -0.118. The Bertz CT molecular complexity index is 837. The van der Waals surface area contributed by atoms with Crippen LogP contribution in [0.3, 0.4) is 0 Å². The Kier molecular flexibility index (Phi) is 3.62. The van der Waals surface area contributed by atoms with Gasteiger partial charge in [-0.25, -0.2) is 4.98 Å². The van der Waals surface area contributed by atoms with Gasteiger partial charge in [0.25, 0.3) is 0 Å². The van der Waals surface area contributed by atoms with Crippen molar-refractivity contribution in [2.24, 2.45) is 0 Å². The number of fused-ring (bicyclic) bond motifs is 2. The predicted octanol–water partition coefficient (Wildman–Crippen LogP) is 4.21. The number of aryl methyl sites for hydroxylation is 1. The molecule has 1 aliphatic rings. The molecule has 3 aromatic rings. The zero-order chi connectivity index (χ0) is 15.8. The molecule has 1 aliphatic heterocycles. The molecule has 0 bridgehead atoms. The molecule has 0 radical (unpaired) electrons. The number of thiazole rings is 1. The summed E-state index contributed by atoms with van der Waals surface area (Å²) in [6.07, 6.45) is 2.17. The minimum absolute atomic E-state index is 0.196. The maximum atomic E-state index is 12.7. The summed E-state index contributed by atoms with van der Waals surface area (Å²) in [6.45, 7) is 2.12. The first-order valence-corrected chi connectivity index (χ1v) is 8.78. The first-order chi connectivity index (χ1) is 11.2. The topological polar surface area (TPSA) is 33.2 Å². The third-order valence-electron chi connectivity index (χ3n) is 4.37. The van der Waals surface area contributed by atoms with Crippen molar-refractivity contribution < 1.29 is 4.79 Å². The Morgan fingerprint density at radius 2 is 2.00 bits per heavy atom. The fourth-order valence-electron chi connectivity index (χ4n) is 3.31. The number of amides is 1. The second-order valence-corrected chi connectivity index (χ2v) is 7.14. The van der Waals surface area contributed by atoms with Crippen molar-refractivity contribution in [3.8, 4) is 0 Å². The van der Waals surface area contributed by atoms with Crippen LogP contribution in [0, 0.1) is 0 Å². The van der Waals surface area contributed by atoms with Crippen LogP contribution < -0.4 is 4.90 Å². The molecular weight excluding hydrogens is 304 g/mol. The van der Waals surface area contributed by atoms with Crippen LogP contribution in [0.1, 0.15) is 23.9 Å². The summed E-state index contributed by atoms with van der Waals surface area (Å²) in [5, 5.41) is 1.04. The third-order valence-corrected chi connectivity index (χ3v) is 5.46. The van der Waals surface area contributed by atoms with Gasteiger partial charge in [-0.1, -0.05) is 30.3 Å². The number of para-hydroxylation sites is 2. The van der Waals surface area contributed by atoms with Gasteiger partial charge in [0.05, 0.1) is 15.2 Å². The van der Waals surface area contributed by atoms with Crippen molar-refractivity contribution in [1.82, 2.24) is 4.98 Å². The van der Waals surface area contributed by atoms with Crippen molar-refractivity contribution in [2.45, 2.75) is 32.2 Å². The summed E-state index contributed by atoms with van der Waals surface area (Å²) >= 11 is 1.69. The van der Waals surface area contributed by atoms with Gasteiger partial charge in [-0.2, -0.15) is 0 Å². The van der Waals surface area contributed by atoms with Gasteiger partial charge >= 0.3 is 0 Å². The van der Waals surface area contributed by atoms with E-state index >= 15 is 0 Å². The Balaban J connectivity index is 1.50. The summed E-state index contributed by atoms with van der Waals surface area (Å²) in [5.41, 5.74) is 3.38. The van der Waals surface area contributed by atoms with E-state index < -0.39 is 0 Å². The van der Waals surface area contributed by atoms with Crippen molar-refractivity contribution in [1.29, 1.82) is 0 Å². The molecule has 2 aromatic carbocycles. The van der Waals surface area contributed by atoms with Gasteiger partial charge in [0, 0.05) is 24.6 Å². The van der Waals surface area contributed by atoms with Gasteiger partial charge in [0.2, 0.25) is 5.91 Å². The van der Waals surface area contributed by atoms with E-state index in [1.165, 1.54) is 10.3 Å². The van der Waals surface area contributed by atoms with E-state index in [-0.39, 0.29) is 11.9 Å². The Morgan fingerprint density at radius 3 is 2.87 bits per heavy atom. The van der Waals surface area contributed by atoms with Gasteiger partial charge in [-0.15, -0.1) is 11.3 Å². The quantitative estimate of drug-likeness (QED) is 0.724. The number of anilines is 1. The molecule has 1 aromatic heterocycles. The van der Waals surface area contributed by atoms with E-state index in [1.54, 1.807) is 11.3 Å². The van der Waals surface area contributed by atoms with Crippen LogP contribution in [0.2, 0.25) is 0 Å². The maximum absolute atomic E-state index is 12.7. The van der Waals surface area contributed by atoms with Crippen LogP contribution in [0.15, 0.2) is 48.5 Å². The fraction of sp³-hybridized carbons (Fsp3) is 0.263. The molecule has 0 saturated carbocycles. The molecule has 23 heavy (non-hydrogen) atoms. The molecular formula is C19H18N2OS. The van der Waals surface area contributed by atoms with Crippen LogP contribution in [0.25, 0.3) is 10.2 Å². The Morgan fingerprint density at radius 1 is 1.22 bits per heavy atom. The Labute approximate surface area is 139 Å². The van der Waals surface area contributed by atoms with E-state index in [1.807, 2.05) is 35.2 Å². The van der Waals surface area contributed by atoms with Crippen LogP contribution in [0.4, 0.5) is 5.69 Å². The average molecular weight is 322 g/mol. The van der Waals surface area contributed by atoms with E-state index in [4.69, 9.17) is 0 Å². The molecule has 1 atom stereocenters. The van der Waals surface area contributed by atoms with Gasteiger partial charge < -0.3 is 4.90 Å². The first kappa shape index (κ1) is 14.4. The summed E-state index contributed by atoms with van der Waals surface area (Å²) in [7, 11) is 0. The summed E-state index contributed by atoms with van der Waals surface area (Å²) in [4.78, 5) is 19.3. The normalized spacial score (nSPS) is 16.7. The highest BCUT2D eigenvalue weighted by molar-refractivity contribution is 7.18. The molecule has 2 heterocycles. The highest BCUT2D eigenvalue weighted by atomic mass is 32.1. The summed E-state index contributed by atoms with van der Waals surface area (Å²) in [6, 6.07) is 16.6. The first-order valence-electron chi connectivity index (χ1n) is 7.97. The van der Waals surface area contributed by atoms with E-state index in [2.05, 4.69) is 30.1 Å². The second kappa shape index (κ2) is 5.78. The SMILES string of the molecule is CC1Cc2ccccc2N1C(=O)CCc1nc2ccccc2s1. The zero-order valence-corrected chi connectivity index (χ0v) is 13.8. The number of rotatable bonds is 3. The van der Waals surface area contributed by atoms with Gasteiger partial charge in [-0.05, 0) is 37.1 Å². The molecule has 1 amide bonds. The van der Waals surface area contributed by atoms with Crippen LogP contribution in [0.5, 0.6) is 0 Å². The minimum atomic E-state index is 0.196. The molecule has 0 aliphatic carbocycles. The lowest BCUT2D eigenvalue weighted by Crippen LogP contribution is -2.35. The third kappa shape index (κ3) is 2.63. The number of hydrogen-bond donors (Lipinski definition) is 0. The number of carbonyl (C=O) groups is 1. The van der Waals surface area contributed by atoms with E-state index in [0.717, 1.165) is 22.6 Å². The van der Waals surface area contributed by atoms with Crippen LogP contribution in [-0.2, 0) is 17.6 Å². The second-order valence-electron chi connectivity index (χ2n) is 6.02. The highest BCUT2D eigenvalue weighted by Crippen LogP contribution is 2.32. The maximum Gasteiger partial charge on any atom is 0.227 e. The van der Waals surface area contributed by atoms with Crippen molar-refractivity contribution in [2.75, 3.05) is 4.90 Å². The van der Waals surface area contributed by atoms with Gasteiger partial charge in [-0.3, -0.25) is 4.79 Å². The molecule has 116 valence electrons. The average Bonchev–Trinajstić information content (AvgIpc) is 3.12. The molecule has 4 rings (SSSR count). The molecule has 1 unspecified atom stereocenters. The minimum Gasteiger partial charge on any atom is -0.309 e. The molecule has 0 fully saturated rings. The Hall–Kier alpha value is -2.20. The van der Waals surface area contributed by atoms with Crippen molar-refractivity contribution in [3.63, 3.8) is 0 Å². The monoisotopic (exact) mass is 322 g/mol. The number of carbonyl (C=O) groups excluding carboxylic acids is 1. The van der Waals surface area contributed by atoms with Gasteiger partial charge in [0.1, 0.15) is 0 Å². The summed E-state index contributed by atoms with van der Waals surface area (Å²) in [5.74, 6) is 0.196. The molecule has 3 nitrogen and oxygen atoms in total. The van der Waals surface area contributed by atoms with Crippen molar-refractivity contribution in [3.05, 3.63) is 59.1 Å². The molecule has 0 spiro atoms. The van der Waals surface area contributed by atoms with E-state index in [9.17, 15) is 4.79 Å². The number of benzene rings is 2. The smallest absolute Gasteiger partial charge is 0.227 e. The number of nitrogens with zero attached hydrogens (tertiary/aromatic N) is 2. The molecule has 4 heteroatoms. The highest BCUT2D eigenvalue weighted by Gasteiger charge is 2.30. The largest absolute Gasteiger partial charge is 0.309 e. The fourth-order valence-corrected chi connectivity index (χ4v) is 4.27.